The second kappa shape index (κ2) is 9.62. The van der Waals surface area contributed by atoms with Crippen LogP contribution in [0.15, 0.2) is 40.4 Å². The highest BCUT2D eigenvalue weighted by atomic mass is 79.9. The molecule has 1 N–H and O–H groups in total. The number of nitrogens with zero attached hydrogens (tertiary/aromatic N) is 1. The van der Waals surface area contributed by atoms with Gasteiger partial charge >= 0.3 is 0 Å². The zero-order valence-corrected chi connectivity index (χ0v) is 15.8. The third-order valence-corrected chi connectivity index (χ3v) is 4.76. The highest BCUT2D eigenvalue weighted by molar-refractivity contribution is 9.10. The number of anilines is 1. The second-order valence-corrected chi connectivity index (χ2v) is 7.02. The molecule has 1 aliphatic carbocycles. The lowest BCUT2D eigenvalue weighted by atomic mass is 9.97. The van der Waals surface area contributed by atoms with Crippen molar-refractivity contribution in [3.05, 3.63) is 40.4 Å². The Labute approximate surface area is 152 Å². The van der Waals surface area contributed by atoms with Gasteiger partial charge in [0.1, 0.15) is 0 Å². The Kier molecular flexibility index (Phi) is 7.50. The van der Waals surface area contributed by atoms with Crippen LogP contribution in [0, 0.1) is 0 Å². The average Bonchev–Trinajstić information content (AvgIpc) is 2.57. The van der Waals surface area contributed by atoms with Crippen molar-refractivity contribution < 1.29 is 9.59 Å². The zero-order valence-electron chi connectivity index (χ0n) is 14.2. The van der Waals surface area contributed by atoms with Gasteiger partial charge < -0.3 is 10.2 Å². The molecule has 130 valence electrons. The van der Waals surface area contributed by atoms with Crippen molar-refractivity contribution in [3.63, 3.8) is 0 Å². The number of amides is 2. The van der Waals surface area contributed by atoms with E-state index in [1.165, 1.54) is 31.8 Å². The van der Waals surface area contributed by atoms with Crippen molar-refractivity contribution in [2.45, 2.75) is 45.4 Å². The molecule has 2 amide bonds. The topological polar surface area (TPSA) is 49.4 Å². The molecule has 1 aromatic rings. The van der Waals surface area contributed by atoms with Crippen LogP contribution in [0.5, 0.6) is 0 Å². The number of carbonyl (C=O) groups excluding carboxylic acids is 2. The number of rotatable bonds is 7. The Bertz CT molecular complexity index is 596. The molecule has 0 heterocycles. The maximum Gasteiger partial charge on any atom is 0.223 e. The normalized spacial score (nSPS) is 14.0. The Balaban J connectivity index is 1.76. The van der Waals surface area contributed by atoms with Crippen molar-refractivity contribution in [1.29, 1.82) is 0 Å². The van der Waals surface area contributed by atoms with Crippen LogP contribution in [0.4, 0.5) is 5.69 Å². The van der Waals surface area contributed by atoms with Crippen molar-refractivity contribution in [1.82, 2.24) is 5.32 Å². The monoisotopic (exact) mass is 392 g/mol. The summed E-state index contributed by atoms with van der Waals surface area (Å²) < 4.78 is 0.963. The minimum atomic E-state index is -0.0579. The van der Waals surface area contributed by atoms with Gasteiger partial charge in [0.15, 0.2) is 0 Å². The first-order valence-electron chi connectivity index (χ1n) is 8.54. The van der Waals surface area contributed by atoms with Crippen LogP contribution in [-0.2, 0) is 9.59 Å². The van der Waals surface area contributed by atoms with Gasteiger partial charge in [0.05, 0.1) is 0 Å². The lowest BCUT2D eigenvalue weighted by Gasteiger charge is -2.21. The first-order chi connectivity index (χ1) is 11.6. The fourth-order valence-electron chi connectivity index (χ4n) is 2.89. The maximum atomic E-state index is 12.0. The second-order valence-electron chi connectivity index (χ2n) is 6.11. The molecular weight excluding hydrogens is 368 g/mol. The van der Waals surface area contributed by atoms with E-state index in [2.05, 4.69) is 27.3 Å². The molecule has 5 heteroatoms. The molecule has 0 bridgehead atoms. The summed E-state index contributed by atoms with van der Waals surface area (Å²) in [6.45, 7) is 2.60. The molecule has 0 atom stereocenters. The zero-order chi connectivity index (χ0) is 17.4. The Morgan fingerprint density at radius 3 is 2.58 bits per heavy atom. The molecule has 0 spiro atoms. The summed E-state index contributed by atoms with van der Waals surface area (Å²) in [5.41, 5.74) is 2.27. The molecule has 1 aliphatic rings. The van der Waals surface area contributed by atoms with Gasteiger partial charge in [-0.3, -0.25) is 9.59 Å². The van der Waals surface area contributed by atoms with Crippen LogP contribution >= 0.6 is 15.9 Å². The maximum absolute atomic E-state index is 12.0. The molecule has 1 aromatic carbocycles. The predicted octanol–water partition coefficient (Wildman–Crippen LogP) is 4.20. The van der Waals surface area contributed by atoms with Gasteiger partial charge in [0, 0.05) is 36.6 Å². The standard InChI is InChI=1S/C19H25BrN2O2/c1-15(23)22(18-9-7-17(20)8-10-18)14-12-19(24)21-13-11-16-5-3-2-4-6-16/h5,7-10H,2-4,6,11-14H2,1H3,(H,21,24). The smallest absolute Gasteiger partial charge is 0.223 e. The van der Waals surface area contributed by atoms with Gasteiger partial charge in [-0.1, -0.05) is 27.6 Å². The van der Waals surface area contributed by atoms with Gasteiger partial charge in [-0.25, -0.2) is 0 Å². The minimum Gasteiger partial charge on any atom is -0.356 e. The van der Waals surface area contributed by atoms with E-state index in [-0.39, 0.29) is 11.8 Å². The Morgan fingerprint density at radius 2 is 1.96 bits per heavy atom. The van der Waals surface area contributed by atoms with Crippen LogP contribution in [0.1, 0.15) is 45.4 Å². The fraction of sp³-hybridized carbons (Fsp3) is 0.474. The van der Waals surface area contributed by atoms with Gasteiger partial charge in [0.25, 0.3) is 0 Å². The van der Waals surface area contributed by atoms with Crippen molar-refractivity contribution in [3.8, 4) is 0 Å². The number of halogens is 1. The van der Waals surface area contributed by atoms with E-state index in [0.717, 1.165) is 23.0 Å². The van der Waals surface area contributed by atoms with E-state index in [1.807, 2.05) is 24.3 Å². The first kappa shape index (κ1) is 18.7. The number of benzene rings is 1. The molecule has 24 heavy (non-hydrogen) atoms. The average molecular weight is 393 g/mol. The largest absolute Gasteiger partial charge is 0.356 e. The lowest BCUT2D eigenvalue weighted by molar-refractivity contribution is -0.121. The lowest BCUT2D eigenvalue weighted by Crippen LogP contribution is -2.34. The van der Waals surface area contributed by atoms with Crippen LogP contribution in [0.25, 0.3) is 0 Å². The summed E-state index contributed by atoms with van der Waals surface area (Å²) in [5.74, 6) is -0.0627. The summed E-state index contributed by atoms with van der Waals surface area (Å²) in [7, 11) is 0. The predicted molar refractivity (Wildman–Crippen MR) is 101 cm³/mol. The number of nitrogens with one attached hydrogen (secondary N) is 1. The number of hydrogen-bond acceptors (Lipinski definition) is 2. The third-order valence-electron chi connectivity index (χ3n) is 4.23. The van der Waals surface area contributed by atoms with Crippen molar-refractivity contribution in [2.24, 2.45) is 0 Å². The summed E-state index contributed by atoms with van der Waals surface area (Å²) >= 11 is 3.38. The van der Waals surface area contributed by atoms with Crippen molar-refractivity contribution >= 4 is 33.4 Å². The SMILES string of the molecule is CC(=O)N(CCC(=O)NCCC1=CCCCC1)c1ccc(Br)cc1. The summed E-state index contributed by atoms with van der Waals surface area (Å²) in [5, 5.41) is 2.96. The summed E-state index contributed by atoms with van der Waals surface area (Å²) in [6, 6.07) is 7.53. The number of hydrogen-bond donors (Lipinski definition) is 1. The number of carbonyl (C=O) groups is 2. The van der Waals surface area contributed by atoms with E-state index in [1.54, 1.807) is 4.90 Å². The molecule has 4 nitrogen and oxygen atoms in total. The molecule has 2 rings (SSSR count). The van der Waals surface area contributed by atoms with Gasteiger partial charge in [-0.15, -0.1) is 0 Å². The van der Waals surface area contributed by atoms with E-state index in [9.17, 15) is 9.59 Å². The molecular formula is C19H25BrN2O2. The van der Waals surface area contributed by atoms with Crippen molar-refractivity contribution in [2.75, 3.05) is 18.0 Å². The molecule has 0 aliphatic heterocycles. The third kappa shape index (κ3) is 6.11. The van der Waals surface area contributed by atoms with Gasteiger partial charge in [-0.2, -0.15) is 0 Å². The van der Waals surface area contributed by atoms with Gasteiger partial charge in [-0.05, 0) is 56.4 Å². The Hall–Kier alpha value is -1.62. The quantitative estimate of drug-likeness (QED) is 0.706. The van der Waals surface area contributed by atoms with E-state index in [4.69, 9.17) is 0 Å². The number of allylic oxidation sites excluding steroid dienone is 1. The molecule has 0 radical (unpaired) electrons. The van der Waals surface area contributed by atoms with Crippen LogP contribution < -0.4 is 10.2 Å². The summed E-state index contributed by atoms with van der Waals surface area (Å²) in [4.78, 5) is 25.5. The molecule has 0 saturated carbocycles. The molecule has 0 aromatic heterocycles. The van der Waals surface area contributed by atoms with Crippen LogP contribution in [0.3, 0.4) is 0 Å². The minimum absolute atomic E-state index is 0.00484. The van der Waals surface area contributed by atoms with Gasteiger partial charge in [0.2, 0.25) is 11.8 Å². The first-order valence-corrected chi connectivity index (χ1v) is 9.34. The van der Waals surface area contributed by atoms with Crippen LogP contribution in [-0.4, -0.2) is 24.9 Å². The molecule has 0 saturated heterocycles. The Morgan fingerprint density at radius 1 is 1.21 bits per heavy atom. The molecule has 0 fully saturated rings. The van der Waals surface area contributed by atoms with E-state index in [0.29, 0.717) is 19.5 Å². The highest BCUT2D eigenvalue weighted by Gasteiger charge is 2.13. The highest BCUT2D eigenvalue weighted by Crippen LogP contribution is 2.20. The molecule has 0 unspecified atom stereocenters. The van der Waals surface area contributed by atoms with E-state index >= 15 is 0 Å². The van der Waals surface area contributed by atoms with Crippen LogP contribution in [0.2, 0.25) is 0 Å². The fourth-order valence-corrected chi connectivity index (χ4v) is 3.15. The summed E-state index contributed by atoms with van der Waals surface area (Å²) in [6.07, 6.45) is 8.44. The van der Waals surface area contributed by atoms with E-state index < -0.39 is 0 Å².